The summed E-state index contributed by atoms with van der Waals surface area (Å²) < 4.78 is 7.92. The molecule has 5 N–H and O–H groups in total. The number of hydrogen-bond acceptors (Lipinski definition) is 6. The van der Waals surface area contributed by atoms with Gasteiger partial charge < -0.3 is 15.8 Å². The molecule has 2 aromatic heterocycles. The van der Waals surface area contributed by atoms with Crippen LogP contribution in [-0.4, -0.2) is 38.3 Å². The van der Waals surface area contributed by atoms with Gasteiger partial charge in [-0.1, -0.05) is 71.7 Å². The van der Waals surface area contributed by atoms with E-state index in [4.69, 9.17) is 15.6 Å². The fourth-order valence-corrected chi connectivity index (χ4v) is 4.30. The van der Waals surface area contributed by atoms with E-state index in [1.807, 2.05) is 64.1 Å². The van der Waals surface area contributed by atoms with Crippen LogP contribution in [0, 0.1) is 6.92 Å². The van der Waals surface area contributed by atoms with E-state index in [-0.39, 0.29) is 5.41 Å². The van der Waals surface area contributed by atoms with E-state index in [0.29, 0.717) is 53.6 Å². The largest absolute Gasteiger partial charge is 0.445 e. The Kier molecular flexibility index (Phi) is 12.1. The van der Waals surface area contributed by atoms with E-state index in [2.05, 4.69) is 58.6 Å². The van der Waals surface area contributed by atoms with Gasteiger partial charge in [0.15, 0.2) is 11.8 Å². The molecule has 0 atom stereocenters. The van der Waals surface area contributed by atoms with Crippen molar-refractivity contribution in [1.82, 2.24) is 30.4 Å². The summed E-state index contributed by atoms with van der Waals surface area (Å²) in [5, 5.41) is 15.4. The number of hydrogen-bond donors (Lipinski definition) is 4. The number of aryl methyl sites for hydroxylation is 1. The van der Waals surface area contributed by atoms with Gasteiger partial charge >= 0.3 is 6.03 Å². The lowest BCUT2D eigenvalue weighted by Gasteiger charge is -2.15. The fourth-order valence-electron chi connectivity index (χ4n) is 4.30. The summed E-state index contributed by atoms with van der Waals surface area (Å²) in [5.74, 6) is 2.66. The minimum Gasteiger partial charge on any atom is -0.445 e. The summed E-state index contributed by atoms with van der Waals surface area (Å²) in [6.45, 7) is 16.6. The van der Waals surface area contributed by atoms with Crippen LogP contribution in [0.2, 0.25) is 0 Å². The molecule has 3 rings (SSSR count). The summed E-state index contributed by atoms with van der Waals surface area (Å²) in [4.78, 5) is 26.3. The van der Waals surface area contributed by atoms with Gasteiger partial charge in [-0.25, -0.2) is 19.4 Å². The summed E-state index contributed by atoms with van der Waals surface area (Å²) in [6.07, 6.45) is 9.00. The van der Waals surface area contributed by atoms with Crippen molar-refractivity contribution in [3.05, 3.63) is 76.6 Å². The van der Waals surface area contributed by atoms with Gasteiger partial charge in [0, 0.05) is 40.6 Å². The second-order valence-corrected chi connectivity index (χ2v) is 11.4. The zero-order valence-corrected chi connectivity index (χ0v) is 27.3. The van der Waals surface area contributed by atoms with Gasteiger partial charge in [0.2, 0.25) is 0 Å². The van der Waals surface area contributed by atoms with Crippen LogP contribution in [0.15, 0.2) is 59.7 Å². The molecule has 0 saturated heterocycles. The standard InChI is InChI=1S/C33H47N9O2/c1-9-12-15-18-35-31(34)40-30(11-3)44-27(10-2)26-17-14-13-16-25(26)22(4)38-32(43)39-29-19-28(33(6,7)8)41-42(29)24-20-36-23(5)37-21-24/h11,13-14,16-17,19-21H,9-10,12,15,18H2,1-8H3,(H3,34,35,40)(H2,38,39,43)/b25-22+,27-26+,30-11+. The van der Waals surface area contributed by atoms with Crippen molar-refractivity contribution >= 4 is 29.3 Å². The molecular weight excluding hydrogens is 554 g/mol. The number of amides is 2. The molecule has 11 nitrogen and oxygen atoms in total. The number of urea groups is 1. The highest BCUT2D eigenvalue weighted by Gasteiger charge is 2.22. The highest BCUT2D eigenvalue weighted by atomic mass is 16.5. The van der Waals surface area contributed by atoms with E-state index in [9.17, 15) is 4.79 Å². The predicted molar refractivity (Wildman–Crippen MR) is 177 cm³/mol. The second kappa shape index (κ2) is 15.7. The molecule has 236 valence electrons. The summed E-state index contributed by atoms with van der Waals surface area (Å²) in [5.41, 5.74) is 7.98. The summed E-state index contributed by atoms with van der Waals surface area (Å²) >= 11 is 0. The zero-order chi connectivity index (χ0) is 32.3. The van der Waals surface area contributed by atoms with Gasteiger partial charge in [0.25, 0.3) is 0 Å². The van der Waals surface area contributed by atoms with Crippen LogP contribution in [0.25, 0.3) is 17.1 Å². The van der Waals surface area contributed by atoms with Crippen LogP contribution < -0.4 is 32.1 Å². The Morgan fingerprint density at radius 2 is 1.77 bits per heavy atom. The third-order valence-electron chi connectivity index (χ3n) is 6.78. The number of nitrogens with zero attached hydrogens (tertiary/aromatic N) is 5. The minimum absolute atomic E-state index is 0.233. The first-order chi connectivity index (χ1) is 21.0. The normalized spacial score (nSPS) is 13.7. The highest BCUT2D eigenvalue weighted by Crippen LogP contribution is 2.26. The van der Waals surface area contributed by atoms with Crippen molar-refractivity contribution in [2.24, 2.45) is 10.7 Å². The van der Waals surface area contributed by atoms with Crippen LogP contribution in [0.4, 0.5) is 10.6 Å². The molecule has 1 aromatic carbocycles. The number of anilines is 1. The van der Waals surface area contributed by atoms with E-state index < -0.39 is 6.03 Å². The number of carbonyl (C=O) groups excluding carboxylic acids is 1. The van der Waals surface area contributed by atoms with Gasteiger partial charge in [-0.2, -0.15) is 5.10 Å². The first kappa shape index (κ1) is 33.8. The second-order valence-electron chi connectivity index (χ2n) is 11.4. The third kappa shape index (κ3) is 9.42. The first-order valence-corrected chi connectivity index (χ1v) is 15.1. The van der Waals surface area contributed by atoms with E-state index in [1.54, 1.807) is 17.1 Å². The molecule has 0 aliphatic rings. The molecule has 11 heteroatoms. The Hall–Kier alpha value is -4.67. The van der Waals surface area contributed by atoms with Gasteiger partial charge in [0.1, 0.15) is 23.1 Å². The molecule has 0 unspecified atom stereocenters. The molecular formula is C33H47N9O2. The Bertz CT molecular complexity index is 1600. The quantitative estimate of drug-likeness (QED) is 0.108. The Balaban J connectivity index is 1.90. The van der Waals surface area contributed by atoms with E-state index >= 15 is 0 Å². The molecule has 0 aliphatic heterocycles. The van der Waals surface area contributed by atoms with Gasteiger partial charge in [-0.3, -0.25) is 15.6 Å². The lowest BCUT2D eigenvalue weighted by molar-refractivity contribution is 0.255. The maximum Gasteiger partial charge on any atom is 0.324 e. The van der Waals surface area contributed by atoms with Gasteiger partial charge in [-0.05, 0) is 33.3 Å². The molecule has 0 aliphatic carbocycles. The maximum absolute atomic E-state index is 13.3. The molecule has 0 spiro atoms. The van der Waals surface area contributed by atoms with Crippen molar-refractivity contribution in [3.63, 3.8) is 0 Å². The number of benzene rings is 1. The van der Waals surface area contributed by atoms with Crippen LogP contribution in [0.5, 0.6) is 0 Å². The van der Waals surface area contributed by atoms with Gasteiger partial charge in [-0.15, -0.1) is 0 Å². The topological polar surface area (TPSA) is 144 Å². The maximum atomic E-state index is 13.3. The highest BCUT2D eigenvalue weighted by molar-refractivity contribution is 5.92. The number of guanidine groups is 1. The number of aliphatic imine (C=N–C) groups is 1. The number of aromatic nitrogens is 4. The Morgan fingerprint density at radius 1 is 1.09 bits per heavy atom. The van der Waals surface area contributed by atoms with Crippen LogP contribution in [0.1, 0.15) is 85.7 Å². The van der Waals surface area contributed by atoms with Crippen molar-refractivity contribution in [2.45, 2.75) is 86.5 Å². The van der Waals surface area contributed by atoms with Crippen molar-refractivity contribution in [2.75, 3.05) is 11.9 Å². The third-order valence-corrected chi connectivity index (χ3v) is 6.78. The number of allylic oxidation sites excluding steroid dienone is 1. The number of nitrogens with two attached hydrogens (primary N) is 1. The summed E-state index contributed by atoms with van der Waals surface area (Å²) in [7, 11) is 0. The molecule has 2 amide bonds. The SMILES string of the molecule is C/C=C(\NC(N)=NCCCCC)O/C(CC)=c1\cccc\c1=C(\C)NC(=O)Nc1cc(C(C)(C)C)nn1-c1cnc(C)nc1. The minimum atomic E-state index is -0.409. The van der Waals surface area contributed by atoms with Crippen LogP contribution >= 0.6 is 0 Å². The van der Waals surface area contributed by atoms with Crippen molar-refractivity contribution in [3.8, 4) is 5.69 Å². The van der Waals surface area contributed by atoms with Gasteiger partial charge in [0.05, 0.1) is 18.1 Å². The Morgan fingerprint density at radius 3 is 2.39 bits per heavy atom. The van der Waals surface area contributed by atoms with Crippen LogP contribution in [0.3, 0.4) is 0 Å². The number of nitrogens with one attached hydrogen (secondary N) is 3. The molecule has 2 heterocycles. The number of ether oxygens (including phenoxy) is 1. The molecule has 0 saturated carbocycles. The molecule has 0 fully saturated rings. The number of rotatable bonds is 11. The molecule has 3 aromatic rings. The number of carbonyl (C=O) groups is 1. The number of unbranched alkanes of at least 4 members (excludes halogenated alkanes) is 2. The molecule has 0 radical (unpaired) electrons. The first-order valence-electron chi connectivity index (χ1n) is 15.1. The molecule has 0 bridgehead atoms. The lowest BCUT2D eigenvalue weighted by atomic mass is 9.92. The van der Waals surface area contributed by atoms with E-state index in [0.717, 1.165) is 35.4 Å². The smallest absolute Gasteiger partial charge is 0.324 e. The van der Waals surface area contributed by atoms with E-state index in [1.165, 1.54) is 0 Å². The predicted octanol–water partition coefficient (Wildman–Crippen LogP) is 4.71. The Labute approximate surface area is 260 Å². The van der Waals surface area contributed by atoms with Crippen LogP contribution in [-0.2, 0) is 10.2 Å². The molecule has 44 heavy (non-hydrogen) atoms. The van der Waals surface area contributed by atoms with Crippen molar-refractivity contribution < 1.29 is 9.53 Å². The lowest BCUT2D eigenvalue weighted by Crippen LogP contribution is -2.37. The average Bonchev–Trinajstić information content (AvgIpc) is 3.42. The zero-order valence-electron chi connectivity index (χ0n) is 27.3. The van der Waals surface area contributed by atoms with Crippen molar-refractivity contribution in [1.29, 1.82) is 0 Å². The average molecular weight is 602 g/mol. The summed E-state index contributed by atoms with van der Waals surface area (Å²) in [6, 6.07) is 9.23. The monoisotopic (exact) mass is 601 g/mol. The fraction of sp³-hybridized carbons (Fsp3) is 0.424.